The predicted molar refractivity (Wildman–Crippen MR) is 112 cm³/mol. The number of nitrogens with zero attached hydrogens (tertiary/aromatic N) is 4. The number of piperidine rings is 1. The second kappa shape index (κ2) is 8.16. The summed E-state index contributed by atoms with van der Waals surface area (Å²) in [5.74, 6) is -0.182. The number of carbonyl (C=O) groups is 1. The first kappa shape index (κ1) is 20.5. The number of aromatic nitrogens is 4. The van der Waals surface area contributed by atoms with E-state index in [9.17, 15) is 13.2 Å². The van der Waals surface area contributed by atoms with Gasteiger partial charge in [-0.3, -0.25) is 19.9 Å². The van der Waals surface area contributed by atoms with E-state index >= 15 is 0 Å². The molecule has 3 aromatic rings. The van der Waals surface area contributed by atoms with Gasteiger partial charge < -0.3 is 4.90 Å². The highest BCUT2D eigenvalue weighted by Gasteiger charge is 2.29. The van der Waals surface area contributed by atoms with Crippen LogP contribution in [0.1, 0.15) is 34.9 Å². The average Bonchev–Trinajstić information content (AvgIpc) is 3.24. The number of sulfone groups is 1. The lowest BCUT2D eigenvalue weighted by Gasteiger charge is -2.32. The number of aromatic amines is 1. The van der Waals surface area contributed by atoms with Gasteiger partial charge in [0.15, 0.2) is 9.84 Å². The molecule has 8 nitrogen and oxygen atoms in total. The first-order valence-corrected chi connectivity index (χ1v) is 11.7. The minimum Gasteiger partial charge on any atom is -0.337 e. The molecular weight excluding hydrogens is 426 g/mol. The molecule has 0 bridgehead atoms. The third kappa shape index (κ3) is 4.22. The summed E-state index contributed by atoms with van der Waals surface area (Å²) in [5, 5.41) is 7.32. The summed E-state index contributed by atoms with van der Waals surface area (Å²) in [7, 11) is -3.45. The van der Waals surface area contributed by atoms with Crippen molar-refractivity contribution in [3.63, 3.8) is 0 Å². The van der Waals surface area contributed by atoms with Gasteiger partial charge in [0.1, 0.15) is 5.69 Å². The standard InChI is InChI=1S/C20H20ClN5O3S/c1-30(28,29)18-10-15(21)12-23-19(18)14-4-8-26(9-5-14)20(27)17-11-16(24-25-17)13-2-6-22-7-3-13/h2-3,6-7,10-12,14H,4-5,8-9H2,1H3,(H,24,25). The maximum absolute atomic E-state index is 12.9. The molecule has 0 unspecified atom stereocenters. The summed E-state index contributed by atoms with van der Waals surface area (Å²) in [6.07, 6.45) is 7.20. The molecule has 0 aliphatic carbocycles. The topological polar surface area (TPSA) is 109 Å². The summed E-state index contributed by atoms with van der Waals surface area (Å²) >= 11 is 5.95. The summed E-state index contributed by atoms with van der Waals surface area (Å²) in [6.45, 7) is 1.00. The molecule has 4 heterocycles. The van der Waals surface area contributed by atoms with Gasteiger partial charge in [-0.1, -0.05) is 11.6 Å². The molecule has 0 saturated carbocycles. The Morgan fingerprint density at radius 2 is 1.90 bits per heavy atom. The van der Waals surface area contributed by atoms with Crippen LogP contribution < -0.4 is 0 Å². The molecule has 1 aliphatic rings. The van der Waals surface area contributed by atoms with E-state index in [4.69, 9.17) is 11.6 Å². The Morgan fingerprint density at radius 3 is 2.57 bits per heavy atom. The van der Waals surface area contributed by atoms with Gasteiger partial charge >= 0.3 is 0 Å². The van der Waals surface area contributed by atoms with Gasteiger partial charge in [0.05, 0.1) is 21.3 Å². The summed E-state index contributed by atoms with van der Waals surface area (Å²) in [4.78, 5) is 23.1. The van der Waals surface area contributed by atoms with Crippen LogP contribution in [0, 0.1) is 0 Å². The Morgan fingerprint density at radius 1 is 1.20 bits per heavy atom. The van der Waals surface area contributed by atoms with Gasteiger partial charge in [-0.15, -0.1) is 0 Å². The molecule has 1 N–H and O–H groups in total. The smallest absolute Gasteiger partial charge is 0.271 e. The molecule has 4 rings (SSSR count). The van der Waals surface area contributed by atoms with Crippen LogP contribution >= 0.6 is 11.6 Å². The number of hydrogen-bond acceptors (Lipinski definition) is 6. The van der Waals surface area contributed by atoms with Gasteiger partial charge in [0.2, 0.25) is 0 Å². The number of rotatable bonds is 4. The Bertz CT molecular complexity index is 1170. The quantitative estimate of drug-likeness (QED) is 0.661. The summed E-state index contributed by atoms with van der Waals surface area (Å²) < 4.78 is 24.3. The van der Waals surface area contributed by atoms with Crippen LogP contribution in [0.3, 0.4) is 0 Å². The molecule has 0 spiro atoms. The van der Waals surface area contributed by atoms with Crippen molar-refractivity contribution in [3.05, 3.63) is 59.3 Å². The maximum Gasteiger partial charge on any atom is 0.271 e. The molecular formula is C20H20ClN5O3S. The van der Waals surface area contributed by atoms with E-state index in [1.54, 1.807) is 23.4 Å². The predicted octanol–water partition coefficient (Wildman–Crippen LogP) is 2.94. The highest BCUT2D eigenvalue weighted by atomic mass is 35.5. The fraction of sp³-hybridized carbons (Fsp3) is 0.300. The van der Waals surface area contributed by atoms with Crippen LogP contribution in [-0.4, -0.2) is 58.7 Å². The van der Waals surface area contributed by atoms with Crippen molar-refractivity contribution in [1.82, 2.24) is 25.1 Å². The Hall–Kier alpha value is -2.78. The molecule has 1 fully saturated rings. The monoisotopic (exact) mass is 445 g/mol. The van der Waals surface area contributed by atoms with Crippen molar-refractivity contribution in [2.45, 2.75) is 23.7 Å². The lowest BCUT2D eigenvalue weighted by molar-refractivity contribution is 0.0705. The van der Waals surface area contributed by atoms with Crippen LogP contribution in [0.5, 0.6) is 0 Å². The first-order chi connectivity index (χ1) is 14.3. The largest absolute Gasteiger partial charge is 0.337 e. The third-order valence-electron chi connectivity index (χ3n) is 5.20. The first-order valence-electron chi connectivity index (χ1n) is 9.43. The molecule has 0 aromatic carbocycles. The van der Waals surface area contributed by atoms with Crippen LogP contribution in [0.15, 0.2) is 47.8 Å². The molecule has 10 heteroatoms. The molecule has 1 amide bonds. The summed E-state index contributed by atoms with van der Waals surface area (Å²) in [6, 6.07) is 6.83. The van der Waals surface area contributed by atoms with Crippen LogP contribution in [0.25, 0.3) is 11.3 Å². The maximum atomic E-state index is 12.9. The summed E-state index contributed by atoms with van der Waals surface area (Å²) in [5.41, 5.74) is 2.50. The van der Waals surface area contributed by atoms with E-state index in [2.05, 4.69) is 20.2 Å². The van der Waals surface area contributed by atoms with Crippen molar-refractivity contribution in [2.24, 2.45) is 0 Å². The van der Waals surface area contributed by atoms with Gasteiger partial charge in [-0.05, 0) is 37.1 Å². The number of carbonyl (C=O) groups excluding carboxylic acids is 1. The highest BCUT2D eigenvalue weighted by molar-refractivity contribution is 7.90. The number of halogens is 1. The van der Waals surface area contributed by atoms with Gasteiger partial charge in [-0.2, -0.15) is 5.10 Å². The average molecular weight is 446 g/mol. The fourth-order valence-corrected chi connectivity index (χ4v) is 4.83. The second-order valence-electron chi connectivity index (χ2n) is 7.28. The Kier molecular flexibility index (Phi) is 5.57. The fourth-order valence-electron chi connectivity index (χ4n) is 3.66. The molecule has 1 saturated heterocycles. The van der Waals surface area contributed by atoms with E-state index in [1.165, 1.54) is 12.3 Å². The SMILES string of the molecule is CS(=O)(=O)c1cc(Cl)cnc1C1CCN(C(=O)c2cc(-c3ccncc3)n[nH]2)CC1. The lowest BCUT2D eigenvalue weighted by atomic mass is 9.93. The Balaban J connectivity index is 1.47. The van der Waals surface area contributed by atoms with Gasteiger partial charge in [-0.25, -0.2) is 8.42 Å². The van der Waals surface area contributed by atoms with E-state index < -0.39 is 9.84 Å². The minimum atomic E-state index is -3.45. The van der Waals surface area contributed by atoms with Crippen molar-refractivity contribution in [3.8, 4) is 11.3 Å². The zero-order valence-corrected chi connectivity index (χ0v) is 17.8. The molecule has 30 heavy (non-hydrogen) atoms. The van der Waals surface area contributed by atoms with Crippen molar-refractivity contribution in [2.75, 3.05) is 19.3 Å². The molecule has 1 aliphatic heterocycles. The van der Waals surface area contributed by atoms with Gasteiger partial charge in [0.25, 0.3) is 5.91 Å². The van der Waals surface area contributed by atoms with Crippen LogP contribution in [-0.2, 0) is 9.84 Å². The normalized spacial score (nSPS) is 15.3. The number of hydrogen-bond donors (Lipinski definition) is 1. The van der Waals surface area contributed by atoms with Crippen LogP contribution in [0.4, 0.5) is 0 Å². The highest BCUT2D eigenvalue weighted by Crippen LogP contribution is 2.32. The van der Waals surface area contributed by atoms with E-state index in [0.717, 1.165) is 11.8 Å². The molecule has 0 atom stereocenters. The number of pyridine rings is 2. The lowest BCUT2D eigenvalue weighted by Crippen LogP contribution is -2.38. The number of H-pyrrole nitrogens is 1. The van der Waals surface area contributed by atoms with Crippen LogP contribution in [0.2, 0.25) is 5.02 Å². The number of nitrogens with one attached hydrogen (secondary N) is 1. The van der Waals surface area contributed by atoms with Gasteiger partial charge in [0, 0.05) is 49.4 Å². The van der Waals surface area contributed by atoms with E-state index in [0.29, 0.717) is 43.0 Å². The zero-order valence-electron chi connectivity index (χ0n) is 16.2. The molecule has 3 aromatic heterocycles. The van der Waals surface area contributed by atoms with E-state index in [-0.39, 0.29) is 21.7 Å². The Labute approximate surface area is 179 Å². The third-order valence-corrected chi connectivity index (χ3v) is 6.53. The van der Waals surface area contributed by atoms with E-state index in [1.807, 2.05) is 12.1 Å². The number of amides is 1. The second-order valence-corrected chi connectivity index (χ2v) is 9.70. The van der Waals surface area contributed by atoms with Crippen molar-refractivity contribution < 1.29 is 13.2 Å². The molecule has 0 radical (unpaired) electrons. The van der Waals surface area contributed by atoms with Crippen molar-refractivity contribution in [1.29, 1.82) is 0 Å². The van der Waals surface area contributed by atoms with Crippen molar-refractivity contribution >= 4 is 27.3 Å². The zero-order chi connectivity index (χ0) is 21.3. The minimum absolute atomic E-state index is 0.0508. The molecule has 156 valence electrons. The number of likely N-dealkylation sites (tertiary alicyclic amines) is 1.